The Hall–Kier alpha value is -3.51. The average Bonchev–Trinajstić information content (AvgIpc) is 2.80. The van der Waals surface area contributed by atoms with Gasteiger partial charge in [0, 0.05) is 23.7 Å². The van der Waals surface area contributed by atoms with Gasteiger partial charge < -0.3 is 14.9 Å². The Balaban J connectivity index is 1.48. The molecule has 0 saturated carbocycles. The fraction of sp³-hybridized carbons (Fsp3) is 0.231. The smallest absolute Gasteiger partial charge is 0.254 e. The van der Waals surface area contributed by atoms with Crippen molar-refractivity contribution in [3.8, 4) is 0 Å². The van der Waals surface area contributed by atoms with E-state index >= 15 is 0 Å². The lowest BCUT2D eigenvalue weighted by atomic mass is 9.71. The van der Waals surface area contributed by atoms with Crippen LogP contribution in [0.2, 0.25) is 0 Å². The van der Waals surface area contributed by atoms with Crippen LogP contribution in [0.15, 0.2) is 78.9 Å². The normalized spacial score (nSPS) is 21.4. The van der Waals surface area contributed by atoms with Crippen LogP contribution in [-0.2, 0) is 11.2 Å². The van der Waals surface area contributed by atoms with Gasteiger partial charge in [0.25, 0.3) is 5.91 Å². The molecule has 0 aliphatic carbocycles. The van der Waals surface area contributed by atoms with Gasteiger partial charge in [0.1, 0.15) is 5.82 Å². The van der Waals surface area contributed by atoms with E-state index in [0.717, 1.165) is 16.8 Å². The van der Waals surface area contributed by atoms with Gasteiger partial charge in [-0.25, -0.2) is 4.39 Å². The number of halogens is 1. The van der Waals surface area contributed by atoms with Gasteiger partial charge in [0.15, 0.2) is 0 Å². The number of likely N-dealkylation sites (tertiary alicyclic amines) is 1. The highest BCUT2D eigenvalue weighted by molar-refractivity contribution is 5.99. The average molecular weight is 430 g/mol. The molecular weight excluding hydrogens is 407 g/mol. The second kappa shape index (κ2) is 8.20. The van der Waals surface area contributed by atoms with Crippen LogP contribution in [0.25, 0.3) is 0 Å². The van der Waals surface area contributed by atoms with E-state index in [1.54, 1.807) is 15.9 Å². The molecule has 162 valence electrons. The van der Waals surface area contributed by atoms with E-state index in [4.69, 9.17) is 0 Å². The molecule has 1 N–H and O–H groups in total. The number of aliphatic hydroxyl groups is 1. The maximum atomic E-state index is 13.7. The molecule has 0 radical (unpaired) electrons. The molecular formula is C26H23FN2O3. The Morgan fingerprint density at radius 2 is 1.72 bits per heavy atom. The number of nitrogens with zero attached hydrogens (tertiary/aromatic N) is 2. The second-order valence-corrected chi connectivity index (χ2v) is 8.29. The minimum Gasteiger partial charge on any atom is -0.394 e. The molecule has 3 atom stereocenters. The third-order valence-corrected chi connectivity index (χ3v) is 6.49. The van der Waals surface area contributed by atoms with Crippen LogP contribution in [0.3, 0.4) is 0 Å². The molecule has 1 saturated heterocycles. The zero-order chi connectivity index (χ0) is 22.2. The summed E-state index contributed by atoms with van der Waals surface area (Å²) in [6, 6.07) is 22.1. The van der Waals surface area contributed by atoms with Crippen LogP contribution in [0, 0.1) is 5.82 Å². The van der Waals surface area contributed by atoms with Gasteiger partial charge in [-0.2, -0.15) is 0 Å². The summed E-state index contributed by atoms with van der Waals surface area (Å²) in [4.78, 5) is 29.8. The summed E-state index contributed by atoms with van der Waals surface area (Å²) in [6.45, 7) is 0.138. The Labute approximate surface area is 185 Å². The van der Waals surface area contributed by atoms with Crippen LogP contribution in [0.5, 0.6) is 0 Å². The van der Waals surface area contributed by atoms with Crippen molar-refractivity contribution >= 4 is 17.5 Å². The fourth-order valence-corrected chi connectivity index (χ4v) is 5.04. The molecule has 5 nitrogen and oxygen atoms in total. The van der Waals surface area contributed by atoms with E-state index in [1.165, 1.54) is 18.2 Å². The predicted molar refractivity (Wildman–Crippen MR) is 119 cm³/mol. The predicted octanol–water partition coefficient (Wildman–Crippen LogP) is 3.38. The van der Waals surface area contributed by atoms with E-state index < -0.39 is 11.9 Å². The van der Waals surface area contributed by atoms with Crippen molar-refractivity contribution in [1.29, 1.82) is 0 Å². The summed E-state index contributed by atoms with van der Waals surface area (Å²) in [7, 11) is 0. The number of para-hydroxylation sites is 1. The van der Waals surface area contributed by atoms with Gasteiger partial charge in [-0.05, 0) is 35.4 Å². The van der Waals surface area contributed by atoms with E-state index in [9.17, 15) is 19.1 Å². The van der Waals surface area contributed by atoms with E-state index in [2.05, 4.69) is 0 Å². The molecule has 5 rings (SSSR count). The van der Waals surface area contributed by atoms with Crippen molar-refractivity contribution < 1.29 is 19.1 Å². The maximum absolute atomic E-state index is 13.7. The largest absolute Gasteiger partial charge is 0.394 e. The Morgan fingerprint density at radius 3 is 2.47 bits per heavy atom. The van der Waals surface area contributed by atoms with Crippen molar-refractivity contribution in [2.45, 2.75) is 24.4 Å². The SMILES string of the molecule is O=C(Cc1ccccc1)N1C[C@@H]2[C@H](c3ccccc31)[C@H](CO)N2C(=O)c1cccc(F)c1. The number of anilines is 1. The minimum atomic E-state index is -0.484. The van der Waals surface area contributed by atoms with E-state index in [0.29, 0.717) is 6.54 Å². The molecule has 2 amide bonds. The van der Waals surface area contributed by atoms with Crippen LogP contribution >= 0.6 is 0 Å². The van der Waals surface area contributed by atoms with Crippen LogP contribution in [0.4, 0.5) is 10.1 Å². The molecule has 3 aromatic rings. The summed E-state index contributed by atoms with van der Waals surface area (Å²) in [5, 5.41) is 10.1. The molecule has 0 spiro atoms. The first-order valence-corrected chi connectivity index (χ1v) is 10.7. The fourth-order valence-electron chi connectivity index (χ4n) is 5.04. The summed E-state index contributed by atoms with van der Waals surface area (Å²) in [5.41, 5.74) is 2.94. The van der Waals surface area contributed by atoms with E-state index in [1.807, 2.05) is 54.6 Å². The molecule has 3 aromatic carbocycles. The summed E-state index contributed by atoms with van der Waals surface area (Å²) < 4.78 is 13.7. The van der Waals surface area contributed by atoms with Crippen molar-refractivity contribution in [2.24, 2.45) is 0 Å². The third kappa shape index (κ3) is 3.37. The van der Waals surface area contributed by atoms with Crippen molar-refractivity contribution in [2.75, 3.05) is 18.1 Å². The molecule has 2 aliphatic rings. The van der Waals surface area contributed by atoms with Crippen molar-refractivity contribution in [3.05, 3.63) is 101 Å². The number of carbonyl (C=O) groups excluding carboxylic acids is 2. The second-order valence-electron chi connectivity index (χ2n) is 8.29. The number of rotatable bonds is 4. The molecule has 0 aromatic heterocycles. The third-order valence-electron chi connectivity index (χ3n) is 6.49. The highest BCUT2D eigenvalue weighted by Crippen LogP contribution is 2.48. The first kappa shape index (κ1) is 20.4. The summed E-state index contributed by atoms with van der Waals surface area (Å²) in [5.74, 6) is -0.941. The van der Waals surface area contributed by atoms with Crippen LogP contribution in [-0.4, -0.2) is 47.1 Å². The number of benzene rings is 3. The standard InChI is InChI=1S/C26H23FN2O3/c27-19-10-6-9-18(14-19)26(32)29-22-15-28(24(31)13-17-7-2-1-3-8-17)21-12-5-4-11-20(21)25(22)23(29)16-30/h1-12,14,22-23,25,30H,13,15-16H2/t22-,23+,25+/m1/s1. The van der Waals surface area contributed by atoms with Gasteiger partial charge in [0.05, 0.1) is 25.1 Å². The molecule has 2 heterocycles. The van der Waals surface area contributed by atoms with Gasteiger partial charge >= 0.3 is 0 Å². The number of fused-ring (bicyclic) bond motifs is 3. The van der Waals surface area contributed by atoms with Gasteiger partial charge in [-0.3, -0.25) is 9.59 Å². The number of hydrogen-bond acceptors (Lipinski definition) is 3. The number of carbonyl (C=O) groups is 2. The van der Waals surface area contributed by atoms with Crippen LogP contribution in [0.1, 0.15) is 27.4 Å². The zero-order valence-corrected chi connectivity index (χ0v) is 17.4. The molecule has 0 bridgehead atoms. The van der Waals surface area contributed by atoms with Crippen molar-refractivity contribution in [3.63, 3.8) is 0 Å². The minimum absolute atomic E-state index is 0.0484. The van der Waals surface area contributed by atoms with Gasteiger partial charge in [-0.1, -0.05) is 54.6 Å². The van der Waals surface area contributed by atoms with Crippen LogP contribution < -0.4 is 4.90 Å². The maximum Gasteiger partial charge on any atom is 0.254 e. The molecule has 6 heteroatoms. The number of aliphatic hydroxyl groups excluding tert-OH is 1. The van der Waals surface area contributed by atoms with E-state index in [-0.39, 0.29) is 42.4 Å². The Morgan fingerprint density at radius 1 is 0.969 bits per heavy atom. The number of hydrogen-bond donors (Lipinski definition) is 1. The summed E-state index contributed by atoms with van der Waals surface area (Å²) >= 11 is 0. The van der Waals surface area contributed by atoms with Gasteiger partial charge in [0.2, 0.25) is 5.91 Å². The Kier molecular flexibility index (Phi) is 5.23. The first-order valence-electron chi connectivity index (χ1n) is 10.7. The highest BCUT2D eigenvalue weighted by atomic mass is 19.1. The monoisotopic (exact) mass is 430 g/mol. The zero-order valence-electron chi connectivity index (χ0n) is 17.4. The Bertz CT molecular complexity index is 1170. The lowest BCUT2D eigenvalue weighted by Crippen LogP contribution is -2.70. The van der Waals surface area contributed by atoms with Crippen molar-refractivity contribution in [1.82, 2.24) is 4.90 Å². The number of amides is 2. The molecule has 2 aliphatic heterocycles. The highest BCUT2D eigenvalue weighted by Gasteiger charge is 2.55. The molecule has 0 unspecified atom stereocenters. The molecule has 32 heavy (non-hydrogen) atoms. The summed E-state index contributed by atoms with van der Waals surface area (Å²) in [6.07, 6.45) is 0.258. The first-order chi connectivity index (χ1) is 15.6. The molecule has 1 fully saturated rings. The van der Waals surface area contributed by atoms with Gasteiger partial charge in [-0.15, -0.1) is 0 Å². The quantitative estimate of drug-likeness (QED) is 0.690. The topological polar surface area (TPSA) is 60.9 Å². The lowest BCUT2D eigenvalue weighted by Gasteiger charge is -2.59. The lowest BCUT2D eigenvalue weighted by molar-refractivity contribution is -0.119.